The fraction of sp³-hybridized carbons (Fsp3) is 0.167. The summed E-state index contributed by atoms with van der Waals surface area (Å²) < 4.78 is 1.90. The fourth-order valence-corrected chi connectivity index (χ4v) is 1.68. The summed E-state index contributed by atoms with van der Waals surface area (Å²) in [5, 5.41) is 8.73. The Kier molecular flexibility index (Phi) is 1.22. The van der Waals surface area contributed by atoms with Crippen LogP contribution in [0.15, 0.2) is 18.7 Å². The van der Waals surface area contributed by atoms with E-state index in [2.05, 4.69) is 4.98 Å². The maximum absolute atomic E-state index is 8.73. The zero-order valence-corrected chi connectivity index (χ0v) is 6.01. The predicted octanol–water partition coefficient (Wildman–Crippen LogP) is 0.888. The Morgan fingerprint density at radius 1 is 1.70 bits per heavy atom. The van der Waals surface area contributed by atoms with Crippen molar-refractivity contribution in [3.8, 4) is 0 Å². The number of aliphatic hydroxyl groups excluding tert-OH is 1. The summed E-state index contributed by atoms with van der Waals surface area (Å²) in [5.74, 6) is 0. The number of hydrogen-bond acceptors (Lipinski definition) is 3. The van der Waals surface area contributed by atoms with E-state index in [0.717, 1.165) is 9.71 Å². The van der Waals surface area contributed by atoms with E-state index < -0.39 is 0 Å². The molecule has 0 aliphatic rings. The highest BCUT2D eigenvalue weighted by Crippen LogP contribution is 2.16. The van der Waals surface area contributed by atoms with E-state index in [0.29, 0.717) is 0 Å². The fourth-order valence-electron chi connectivity index (χ4n) is 0.857. The predicted molar refractivity (Wildman–Crippen MR) is 39.0 cm³/mol. The molecule has 3 nitrogen and oxygen atoms in total. The summed E-state index contributed by atoms with van der Waals surface area (Å²) in [6, 6.07) is 0. The topological polar surface area (TPSA) is 37.5 Å². The lowest BCUT2D eigenvalue weighted by Gasteiger charge is -1.79. The largest absolute Gasteiger partial charge is 0.391 e. The van der Waals surface area contributed by atoms with Gasteiger partial charge in [0.1, 0.15) is 4.83 Å². The van der Waals surface area contributed by atoms with Crippen LogP contribution < -0.4 is 0 Å². The van der Waals surface area contributed by atoms with Gasteiger partial charge >= 0.3 is 0 Å². The minimum Gasteiger partial charge on any atom is -0.391 e. The molecule has 0 bridgehead atoms. The van der Waals surface area contributed by atoms with E-state index in [4.69, 9.17) is 5.11 Å². The molecule has 0 unspecified atom stereocenters. The lowest BCUT2D eigenvalue weighted by molar-refractivity contribution is 0.285. The summed E-state index contributed by atoms with van der Waals surface area (Å²) in [7, 11) is 0. The number of aromatic nitrogens is 2. The van der Waals surface area contributed by atoms with Crippen LogP contribution in [0.4, 0.5) is 0 Å². The van der Waals surface area contributed by atoms with Crippen molar-refractivity contribution < 1.29 is 5.11 Å². The minimum absolute atomic E-state index is 0.117. The lowest BCUT2D eigenvalue weighted by atomic mass is 10.6. The summed E-state index contributed by atoms with van der Waals surface area (Å²) in [6.07, 6.45) is 5.39. The van der Waals surface area contributed by atoms with Gasteiger partial charge in [-0.3, -0.25) is 4.40 Å². The van der Waals surface area contributed by atoms with E-state index >= 15 is 0 Å². The highest BCUT2D eigenvalue weighted by Gasteiger charge is 1.98. The molecule has 0 atom stereocenters. The van der Waals surface area contributed by atoms with E-state index in [1.165, 1.54) is 0 Å². The number of rotatable bonds is 1. The first kappa shape index (κ1) is 5.88. The minimum atomic E-state index is 0.117. The van der Waals surface area contributed by atoms with Crippen LogP contribution in [0.1, 0.15) is 4.88 Å². The van der Waals surface area contributed by atoms with Crippen LogP contribution >= 0.6 is 11.3 Å². The van der Waals surface area contributed by atoms with Gasteiger partial charge in [-0.15, -0.1) is 11.3 Å². The van der Waals surface area contributed by atoms with Crippen LogP contribution in [0.5, 0.6) is 0 Å². The normalized spacial score (nSPS) is 10.9. The Bertz CT molecular complexity index is 309. The van der Waals surface area contributed by atoms with E-state index in [9.17, 15) is 0 Å². The Balaban J connectivity index is 2.67. The first-order valence-corrected chi connectivity index (χ1v) is 3.73. The van der Waals surface area contributed by atoms with Crippen molar-refractivity contribution >= 4 is 16.2 Å². The monoisotopic (exact) mass is 154 g/mol. The zero-order valence-electron chi connectivity index (χ0n) is 5.19. The van der Waals surface area contributed by atoms with Gasteiger partial charge in [-0.2, -0.15) is 0 Å². The molecule has 0 aromatic carbocycles. The number of aliphatic hydroxyl groups is 1. The van der Waals surface area contributed by atoms with Crippen molar-refractivity contribution in [2.75, 3.05) is 0 Å². The second kappa shape index (κ2) is 2.07. The smallest absolute Gasteiger partial charge is 0.119 e. The van der Waals surface area contributed by atoms with E-state index in [-0.39, 0.29) is 6.61 Å². The average Bonchev–Trinajstić information content (AvgIpc) is 2.42. The second-order valence-electron chi connectivity index (χ2n) is 1.99. The number of thiazole rings is 1. The van der Waals surface area contributed by atoms with Crippen LogP contribution in [-0.4, -0.2) is 14.5 Å². The number of imidazole rings is 1. The van der Waals surface area contributed by atoms with Gasteiger partial charge in [0.05, 0.1) is 19.1 Å². The van der Waals surface area contributed by atoms with Gasteiger partial charge in [-0.1, -0.05) is 0 Å². The first-order valence-electron chi connectivity index (χ1n) is 2.91. The standard InChI is InChI=1S/C6H6N2OS/c9-3-5-2-8-4-7-1-6(8)10-5/h1-2,4,9H,3H2. The molecular formula is C6H6N2OS. The Labute approximate surface area is 61.6 Å². The number of hydrogen-bond donors (Lipinski definition) is 1. The quantitative estimate of drug-likeness (QED) is 0.662. The van der Waals surface area contributed by atoms with Gasteiger partial charge < -0.3 is 5.11 Å². The third kappa shape index (κ3) is 0.732. The Morgan fingerprint density at radius 2 is 2.60 bits per heavy atom. The Morgan fingerprint density at radius 3 is 3.30 bits per heavy atom. The molecule has 4 heteroatoms. The molecular weight excluding hydrogens is 148 g/mol. The Hall–Kier alpha value is -0.870. The second-order valence-corrected chi connectivity index (χ2v) is 3.14. The molecule has 2 aromatic heterocycles. The molecule has 0 amide bonds. The van der Waals surface area contributed by atoms with E-state index in [1.807, 2.05) is 10.6 Å². The van der Waals surface area contributed by atoms with Crippen molar-refractivity contribution in [2.24, 2.45) is 0 Å². The third-order valence-corrected chi connectivity index (χ3v) is 2.33. The molecule has 2 rings (SSSR count). The van der Waals surface area contributed by atoms with Gasteiger partial charge in [-0.05, 0) is 0 Å². The molecule has 52 valence electrons. The molecule has 0 aliphatic carbocycles. The molecule has 1 N–H and O–H groups in total. The molecule has 0 spiro atoms. The highest BCUT2D eigenvalue weighted by atomic mass is 32.1. The van der Waals surface area contributed by atoms with Crippen LogP contribution in [0.25, 0.3) is 4.83 Å². The highest BCUT2D eigenvalue weighted by molar-refractivity contribution is 7.17. The first-order chi connectivity index (χ1) is 4.90. The summed E-state index contributed by atoms with van der Waals surface area (Å²) in [5.41, 5.74) is 0. The molecule has 0 aliphatic heterocycles. The molecule has 2 heterocycles. The van der Waals surface area contributed by atoms with Crippen LogP contribution in [-0.2, 0) is 6.61 Å². The SMILES string of the molecule is OCc1cn2cncc2s1. The van der Waals surface area contributed by atoms with Crippen LogP contribution in [0, 0.1) is 0 Å². The molecule has 0 fully saturated rings. The van der Waals surface area contributed by atoms with Crippen molar-refractivity contribution in [3.63, 3.8) is 0 Å². The van der Waals surface area contributed by atoms with Gasteiger partial charge in [0.15, 0.2) is 0 Å². The average molecular weight is 154 g/mol. The van der Waals surface area contributed by atoms with Crippen molar-refractivity contribution in [3.05, 3.63) is 23.6 Å². The molecule has 10 heavy (non-hydrogen) atoms. The van der Waals surface area contributed by atoms with Crippen molar-refractivity contribution in [1.82, 2.24) is 9.38 Å². The third-order valence-electron chi connectivity index (χ3n) is 1.31. The molecule has 0 saturated carbocycles. The van der Waals surface area contributed by atoms with Crippen LogP contribution in [0.2, 0.25) is 0 Å². The van der Waals surface area contributed by atoms with Gasteiger partial charge in [-0.25, -0.2) is 4.98 Å². The van der Waals surface area contributed by atoms with E-state index in [1.54, 1.807) is 23.9 Å². The maximum Gasteiger partial charge on any atom is 0.119 e. The molecule has 0 radical (unpaired) electrons. The van der Waals surface area contributed by atoms with Gasteiger partial charge in [0, 0.05) is 11.1 Å². The molecule has 0 saturated heterocycles. The summed E-state index contributed by atoms with van der Waals surface area (Å²) in [6.45, 7) is 0.117. The van der Waals surface area contributed by atoms with Gasteiger partial charge in [0.2, 0.25) is 0 Å². The van der Waals surface area contributed by atoms with Crippen LogP contribution in [0.3, 0.4) is 0 Å². The van der Waals surface area contributed by atoms with Crippen molar-refractivity contribution in [2.45, 2.75) is 6.61 Å². The number of fused-ring (bicyclic) bond motifs is 1. The zero-order chi connectivity index (χ0) is 6.97. The summed E-state index contributed by atoms with van der Waals surface area (Å²) >= 11 is 1.55. The maximum atomic E-state index is 8.73. The van der Waals surface area contributed by atoms with Gasteiger partial charge in [0.25, 0.3) is 0 Å². The number of nitrogens with zero attached hydrogens (tertiary/aromatic N) is 2. The van der Waals surface area contributed by atoms with Crippen molar-refractivity contribution in [1.29, 1.82) is 0 Å². The summed E-state index contributed by atoms with van der Waals surface area (Å²) in [4.78, 5) is 5.97. The molecule has 2 aromatic rings. The lowest BCUT2D eigenvalue weighted by Crippen LogP contribution is -1.74.